The van der Waals surface area contributed by atoms with Gasteiger partial charge in [0.25, 0.3) is 11.8 Å². The minimum absolute atomic E-state index is 0.219. The number of carbonyl (C=O) groups is 3. The van der Waals surface area contributed by atoms with Crippen LogP contribution in [0.5, 0.6) is 0 Å². The monoisotopic (exact) mass is 333 g/mol. The summed E-state index contributed by atoms with van der Waals surface area (Å²) in [7, 11) is 3.86. The Labute approximate surface area is 141 Å². The molecule has 1 saturated heterocycles. The molecule has 24 heavy (non-hydrogen) atoms. The Balaban J connectivity index is 1.97. The molecule has 0 aromatic carbocycles. The fourth-order valence-corrected chi connectivity index (χ4v) is 2.38. The number of likely N-dealkylation sites (N-methyl/N-ethyl adjacent to an activating group) is 1. The van der Waals surface area contributed by atoms with Crippen molar-refractivity contribution in [2.24, 2.45) is 0 Å². The summed E-state index contributed by atoms with van der Waals surface area (Å²) in [4.78, 5) is 44.7. The quantitative estimate of drug-likeness (QED) is 0.695. The summed E-state index contributed by atoms with van der Waals surface area (Å²) in [6, 6.07) is 3.10. The van der Waals surface area contributed by atoms with Crippen molar-refractivity contribution in [3.05, 3.63) is 29.6 Å². The van der Waals surface area contributed by atoms with Gasteiger partial charge in [-0.2, -0.15) is 0 Å². The average Bonchev–Trinajstić information content (AvgIpc) is 2.61. The van der Waals surface area contributed by atoms with Crippen LogP contribution in [0.3, 0.4) is 0 Å². The molecule has 1 fully saturated rings. The lowest BCUT2D eigenvalue weighted by Gasteiger charge is -2.32. The maximum atomic E-state index is 12.5. The van der Waals surface area contributed by atoms with Crippen molar-refractivity contribution < 1.29 is 14.4 Å². The van der Waals surface area contributed by atoms with Crippen molar-refractivity contribution in [1.82, 2.24) is 25.0 Å². The highest BCUT2D eigenvalue weighted by Gasteiger charge is 2.22. The largest absolute Gasteiger partial charge is 0.351 e. The second kappa shape index (κ2) is 8.39. The third-order valence-electron chi connectivity index (χ3n) is 3.84. The zero-order chi connectivity index (χ0) is 17.5. The molecule has 0 spiro atoms. The van der Waals surface area contributed by atoms with E-state index in [1.54, 1.807) is 15.9 Å². The molecule has 3 amide bonds. The van der Waals surface area contributed by atoms with E-state index >= 15 is 0 Å². The van der Waals surface area contributed by atoms with Gasteiger partial charge in [-0.05, 0) is 26.2 Å². The smallest absolute Gasteiger partial charge is 0.272 e. The van der Waals surface area contributed by atoms with Crippen molar-refractivity contribution in [2.45, 2.75) is 0 Å². The van der Waals surface area contributed by atoms with Crippen LogP contribution < -0.4 is 5.32 Å². The molecule has 8 nitrogen and oxygen atoms in total. The molecule has 1 aromatic heterocycles. The summed E-state index contributed by atoms with van der Waals surface area (Å²) < 4.78 is 0. The molecule has 130 valence electrons. The van der Waals surface area contributed by atoms with Crippen LogP contribution in [0.25, 0.3) is 0 Å². The standard InChI is InChI=1S/C16H23N5O3/c1-19(2)6-5-18-15(23)13-3-4-17-14(11-13)16(24)21-9-7-20(12-22)8-10-21/h3-4,11-12H,5-10H2,1-2H3,(H,18,23). The van der Waals surface area contributed by atoms with Crippen molar-refractivity contribution in [3.8, 4) is 0 Å². The Kier molecular flexibility index (Phi) is 6.25. The molecule has 8 heteroatoms. The molecule has 2 rings (SSSR count). The second-order valence-corrected chi connectivity index (χ2v) is 5.92. The van der Waals surface area contributed by atoms with Crippen LogP contribution in [0.2, 0.25) is 0 Å². The van der Waals surface area contributed by atoms with Gasteiger partial charge in [0.2, 0.25) is 6.41 Å². The van der Waals surface area contributed by atoms with Crippen molar-refractivity contribution in [2.75, 3.05) is 53.4 Å². The molecular weight excluding hydrogens is 310 g/mol. The lowest BCUT2D eigenvalue weighted by atomic mass is 10.2. The maximum absolute atomic E-state index is 12.5. The molecule has 0 unspecified atom stereocenters. The average molecular weight is 333 g/mol. The summed E-state index contributed by atoms with van der Waals surface area (Å²) in [6.07, 6.45) is 2.26. The van der Waals surface area contributed by atoms with E-state index in [9.17, 15) is 14.4 Å². The number of pyridine rings is 1. The number of hydrogen-bond donors (Lipinski definition) is 1. The van der Waals surface area contributed by atoms with E-state index in [2.05, 4.69) is 10.3 Å². The Morgan fingerprint density at radius 2 is 2.00 bits per heavy atom. The van der Waals surface area contributed by atoms with E-state index in [0.29, 0.717) is 38.3 Å². The molecule has 1 aliphatic heterocycles. The number of carbonyl (C=O) groups excluding carboxylic acids is 3. The van der Waals surface area contributed by atoms with E-state index < -0.39 is 0 Å². The van der Waals surface area contributed by atoms with Gasteiger partial charge in [-0.15, -0.1) is 0 Å². The highest BCUT2D eigenvalue weighted by molar-refractivity contribution is 5.98. The van der Waals surface area contributed by atoms with Crippen molar-refractivity contribution >= 4 is 18.2 Å². The zero-order valence-electron chi connectivity index (χ0n) is 14.1. The molecule has 1 aliphatic rings. The molecule has 0 atom stereocenters. The topological polar surface area (TPSA) is 85.8 Å². The van der Waals surface area contributed by atoms with Gasteiger partial charge in [0.05, 0.1) is 0 Å². The van der Waals surface area contributed by atoms with E-state index in [1.165, 1.54) is 12.3 Å². The molecule has 2 heterocycles. The van der Waals surface area contributed by atoms with Gasteiger partial charge >= 0.3 is 0 Å². The summed E-state index contributed by atoms with van der Waals surface area (Å²) in [6.45, 7) is 3.24. The van der Waals surface area contributed by atoms with Gasteiger partial charge in [0.15, 0.2) is 0 Å². The summed E-state index contributed by atoms with van der Waals surface area (Å²) in [5.41, 5.74) is 0.661. The molecule has 1 N–H and O–H groups in total. The molecule has 0 saturated carbocycles. The molecular formula is C16H23N5O3. The van der Waals surface area contributed by atoms with E-state index in [4.69, 9.17) is 0 Å². The SMILES string of the molecule is CN(C)CCNC(=O)c1ccnc(C(=O)N2CCN(C=O)CC2)c1. The second-order valence-electron chi connectivity index (χ2n) is 5.92. The first-order valence-electron chi connectivity index (χ1n) is 7.89. The van der Waals surface area contributed by atoms with Crippen LogP contribution in [-0.4, -0.2) is 91.3 Å². The van der Waals surface area contributed by atoms with Gasteiger partial charge < -0.3 is 20.0 Å². The number of piperazine rings is 1. The lowest BCUT2D eigenvalue weighted by molar-refractivity contribution is -0.119. The van der Waals surface area contributed by atoms with Gasteiger partial charge in [0.1, 0.15) is 5.69 Å². The third kappa shape index (κ3) is 4.76. The van der Waals surface area contributed by atoms with Gasteiger partial charge in [-0.25, -0.2) is 0 Å². The first-order valence-corrected chi connectivity index (χ1v) is 7.89. The fourth-order valence-electron chi connectivity index (χ4n) is 2.38. The highest BCUT2D eigenvalue weighted by atomic mass is 16.2. The minimum Gasteiger partial charge on any atom is -0.351 e. The molecule has 0 aliphatic carbocycles. The highest BCUT2D eigenvalue weighted by Crippen LogP contribution is 2.08. The lowest BCUT2D eigenvalue weighted by Crippen LogP contribution is -2.48. The van der Waals surface area contributed by atoms with Gasteiger partial charge in [-0.3, -0.25) is 19.4 Å². The number of aromatic nitrogens is 1. The van der Waals surface area contributed by atoms with Crippen LogP contribution in [0.1, 0.15) is 20.8 Å². The van der Waals surface area contributed by atoms with Gasteiger partial charge in [0, 0.05) is 51.0 Å². The summed E-state index contributed by atoms with van der Waals surface area (Å²) in [5, 5.41) is 2.81. The summed E-state index contributed by atoms with van der Waals surface area (Å²) >= 11 is 0. The molecule has 0 radical (unpaired) electrons. The van der Waals surface area contributed by atoms with Crippen molar-refractivity contribution in [1.29, 1.82) is 0 Å². The van der Waals surface area contributed by atoms with Crippen LogP contribution in [0.4, 0.5) is 0 Å². The zero-order valence-corrected chi connectivity index (χ0v) is 14.1. The van der Waals surface area contributed by atoms with Crippen LogP contribution in [0.15, 0.2) is 18.3 Å². The Morgan fingerprint density at radius 3 is 2.62 bits per heavy atom. The van der Waals surface area contributed by atoms with Gasteiger partial charge in [-0.1, -0.05) is 0 Å². The third-order valence-corrected chi connectivity index (χ3v) is 3.84. The summed E-state index contributed by atoms with van der Waals surface area (Å²) in [5.74, 6) is -0.442. The number of hydrogen-bond acceptors (Lipinski definition) is 5. The maximum Gasteiger partial charge on any atom is 0.272 e. The number of nitrogens with zero attached hydrogens (tertiary/aromatic N) is 4. The van der Waals surface area contributed by atoms with E-state index in [1.807, 2.05) is 19.0 Å². The molecule has 0 bridgehead atoms. The predicted octanol–water partition coefficient (Wildman–Crippen LogP) is -0.713. The first-order chi connectivity index (χ1) is 11.5. The minimum atomic E-state index is -0.223. The normalized spacial score (nSPS) is 14.6. The predicted molar refractivity (Wildman–Crippen MR) is 88.7 cm³/mol. The number of amides is 3. The Bertz CT molecular complexity index is 597. The Morgan fingerprint density at radius 1 is 1.29 bits per heavy atom. The van der Waals surface area contributed by atoms with E-state index in [0.717, 1.165) is 13.0 Å². The van der Waals surface area contributed by atoms with Crippen molar-refractivity contribution in [3.63, 3.8) is 0 Å². The Hall–Kier alpha value is -2.48. The first kappa shape index (κ1) is 17.9. The van der Waals surface area contributed by atoms with Crippen LogP contribution in [-0.2, 0) is 4.79 Å². The van der Waals surface area contributed by atoms with Crippen LogP contribution in [0, 0.1) is 0 Å². The fraction of sp³-hybridized carbons (Fsp3) is 0.500. The van der Waals surface area contributed by atoms with E-state index in [-0.39, 0.29) is 17.5 Å². The number of rotatable bonds is 6. The number of nitrogens with one attached hydrogen (secondary N) is 1. The molecule has 1 aromatic rings. The van der Waals surface area contributed by atoms with Crippen LogP contribution >= 0.6 is 0 Å².